The highest BCUT2D eigenvalue weighted by atomic mass is 32.2. The molecule has 0 aliphatic carbocycles. The Morgan fingerprint density at radius 3 is 2.61 bits per heavy atom. The van der Waals surface area contributed by atoms with Gasteiger partial charge in [0.1, 0.15) is 11.5 Å². The Bertz CT molecular complexity index is 1100. The van der Waals surface area contributed by atoms with Gasteiger partial charge in [-0.15, -0.1) is 11.8 Å². The van der Waals surface area contributed by atoms with Crippen molar-refractivity contribution in [3.63, 3.8) is 0 Å². The number of ether oxygens (including phenoxy) is 2. The van der Waals surface area contributed by atoms with Gasteiger partial charge in [-0.2, -0.15) is 0 Å². The molecule has 2 aromatic carbocycles. The minimum absolute atomic E-state index is 0.0638. The van der Waals surface area contributed by atoms with Crippen molar-refractivity contribution in [2.45, 2.75) is 34.8 Å². The van der Waals surface area contributed by atoms with E-state index in [-0.39, 0.29) is 28.2 Å². The molecule has 0 aromatic heterocycles. The maximum atomic E-state index is 12.8. The van der Waals surface area contributed by atoms with Crippen LogP contribution in [0.1, 0.15) is 19.8 Å². The largest absolute Gasteiger partial charge is 0.497 e. The van der Waals surface area contributed by atoms with Crippen molar-refractivity contribution in [2.75, 3.05) is 30.6 Å². The third-order valence-corrected chi connectivity index (χ3v) is 7.93. The molecule has 31 heavy (non-hydrogen) atoms. The number of nitrogens with one attached hydrogen (secondary N) is 2. The molecule has 1 aliphatic heterocycles. The summed E-state index contributed by atoms with van der Waals surface area (Å²) >= 11 is 1.42. The molecule has 0 saturated heterocycles. The predicted octanol–water partition coefficient (Wildman–Crippen LogP) is 3.33. The maximum Gasteiger partial charge on any atom is 0.237 e. The van der Waals surface area contributed by atoms with Crippen LogP contribution in [0.25, 0.3) is 0 Å². The minimum Gasteiger partial charge on any atom is -0.497 e. The van der Waals surface area contributed by atoms with Crippen molar-refractivity contribution >= 4 is 44.8 Å². The average molecular weight is 465 g/mol. The van der Waals surface area contributed by atoms with Crippen molar-refractivity contribution < 1.29 is 27.5 Å². The summed E-state index contributed by atoms with van der Waals surface area (Å²) < 4.78 is 35.9. The molecule has 2 amide bonds. The van der Waals surface area contributed by atoms with Gasteiger partial charge < -0.3 is 20.1 Å². The number of fused-ring (bicyclic) bond motifs is 1. The summed E-state index contributed by atoms with van der Waals surface area (Å²) in [5.74, 6) is -0.0139. The highest BCUT2D eigenvalue weighted by molar-refractivity contribution is 8.01. The molecule has 0 bridgehead atoms. The third-order valence-electron chi connectivity index (χ3n) is 4.78. The van der Waals surface area contributed by atoms with Crippen molar-refractivity contribution in [1.82, 2.24) is 0 Å². The molecule has 0 fully saturated rings. The van der Waals surface area contributed by atoms with E-state index in [1.807, 2.05) is 6.92 Å². The standard InChI is InChI=1S/C21H24N2O6S2/c1-4-18-21(25)23-16-12-14(6-8-19(16)30-18)31(26,27)10-9-20(24)22-15-11-13(28-2)5-7-17(15)29-3/h5-8,11-12,18H,4,9-10H2,1-3H3,(H,22,24)(H,23,25)/t18-/m0/s1. The summed E-state index contributed by atoms with van der Waals surface area (Å²) in [6, 6.07) is 9.58. The van der Waals surface area contributed by atoms with Gasteiger partial charge in [0.25, 0.3) is 0 Å². The van der Waals surface area contributed by atoms with Crippen LogP contribution in [-0.2, 0) is 19.4 Å². The van der Waals surface area contributed by atoms with E-state index in [2.05, 4.69) is 10.6 Å². The zero-order chi connectivity index (χ0) is 22.6. The molecule has 3 rings (SSSR count). The van der Waals surface area contributed by atoms with E-state index in [0.29, 0.717) is 29.3 Å². The molecule has 2 aromatic rings. The van der Waals surface area contributed by atoms with Crippen LogP contribution in [0.2, 0.25) is 0 Å². The fraction of sp³-hybridized carbons (Fsp3) is 0.333. The lowest BCUT2D eigenvalue weighted by atomic mass is 10.2. The fourth-order valence-corrected chi connectivity index (χ4v) is 5.35. The summed E-state index contributed by atoms with van der Waals surface area (Å²) in [4.78, 5) is 25.3. The number of hydrogen-bond donors (Lipinski definition) is 2. The van der Waals surface area contributed by atoms with Crippen LogP contribution < -0.4 is 20.1 Å². The number of benzene rings is 2. The summed E-state index contributed by atoms with van der Waals surface area (Å²) in [5.41, 5.74) is 0.870. The summed E-state index contributed by atoms with van der Waals surface area (Å²) in [7, 11) is -0.752. The Morgan fingerprint density at radius 1 is 1.16 bits per heavy atom. The smallest absolute Gasteiger partial charge is 0.237 e. The van der Waals surface area contributed by atoms with Crippen LogP contribution in [0.15, 0.2) is 46.2 Å². The van der Waals surface area contributed by atoms with E-state index in [4.69, 9.17) is 9.47 Å². The number of thioether (sulfide) groups is 1. The van der Waals surface area contributed by atoms with Gasteiger partial charge in [0.05, 0.1) is 41.5 Å². The number of carbonyl (C=O) groups is 2. The van der Waals surface area contributed by atoms with Gasteiger partial charge in [0.15, 0.2) is 9.84 Å². The van der Waals surface area contributed by atoms with Gasteiger partial charge in [0.2, 0.25) is 11.8 Å². The summed E-state index contributed by atoms with van der Waals surface area (Å²) in [6.45, 7) is 1.92. The number of sulfone groups is 1. The van der Waals surface area contributed by atoms with Crippen molar-refractivity contribution in [1.29, 1.82) is 0 Å². The molecule has 1 heterocycles. The van der Waals surface area contributed by atoms with E-state index >= 15 is 0 Å². The first-order valence-electron chi connectivity index (χ1n) is 9.63. The second-order valence-electron chi connectivity index (χ2n) is 6.85. The second-order valence-corrected chi connectivity index (χ2v) is 10.2. The van der Waals surface area contributed by atoms with E-state index in [9.17, 15) is 18.0 Å². The topological polar surface area (TPSA) is 111 Å². The molecule has 1 aliphatic rings. The predicted molar refractivity (Wildman–Crippen MR) is 120 cm³/mol. The molecule has 0 saturated carbocycles. The SMILES string of the molecule is CC[C@@H]1Sc2ccc(S(=O)(=O)CCC(=O)Nc3cc(OC)ccc3OC)cc2NC1=O. The molecular formula is C21H24N2O6S2. The van der Waals surface area contributed by atoms with Crippen LogP contribution in [0, 0.1) is 0 Å². The summed E-state index contributed by atoms with van der Waals surface area (Å²) in [6.07, 6.45) is 0.446. The Morgan fingerprint density at radius 2 is 1.94 bits per heavy atom. The zero-order valence-electron chi connectivity index (χ0n) is 17.4. The van der Waals surface area contributed by atoms with Gasteiger partial charge in [0, 0.05) is 17.4 Å². The number of rotatable bonds is 8. The molecule has 1 atom stereocenters. The summed E-state index contributed by atoms with van der Waals surface area (Å²) in [5, 5.41) is 5.24. The Balaban J connectivity index is 1.69. The first-order chi connectivity index (χ1) is 14.8. The monoisotopic (exact) mass is 464 g/mol. The molecule has 166 valence electrons. The van der Waals surface area contributed by atoms with Gasteiger partial charge in [-0.3, -0.25) is 9.59 Å². The van der Waals surface area contributed by atoms with E-state index < -0.39 is 15.7 Å². The normalized spacial score (nSPS) is 15.6. The number of anilines is 2. The van der Waals surface area contributed by atoms with Crippen molar-refractivity contribution in [3.8, 4) is 11.5 Å². The van der Waals surface area contributed by atoms with Gasteiger partial charge >= 0.3 is 0 Å². The first kappa shape index (κ1) is 23.0. The lowest BCUT2D eigenvalue weighted by Crippen LogP contribution is -2.28. The quantitative estimate of drug-likeness (QED) is 0.616. The lowest BCUT2D eigenvalue weighted by Gasteiger charge is -2.23. The molecule has 8 nitrogen and oxygen atoms in total. The van der Waals surface area contributed by atoms with Crippen molar-refractivity contribution in [3.05, 3.63) is 36.4 Å². The molecule has 0 radical (unpaired) electrons. The number of hydrogen-bond acceptors (Lipinski definition) is 7. The highest BCUT2D eigenvalue weighted by Gasteiger charge is 2.27. The second kappa shape index (κ2) is 9.61. The Hall–Kier alpha value is -2.72. The number of carbonyl (C=O) groups excluding carboxylic acids is 2. The fourth-order valence-electron chi connectivity index (χ4n) is 3.06. The number of methoxy groups -OCH3 is 2. The highest BCUT2D eigenvalue weighted by Crippen LogP contribution is 2.38. The van der Waals surface area contributed by atoms with E-state index in [1.54, 1.807) is 24.3 Å². The maximum absolute atomic E-state index is 12.8. The molecule has 10 heteroatoms. The molecule has 0 spiro atoms. The van der Waals surface area contributed by atoms with Gasteiger partial charge in [-0.25, -0.2) is 8.42 Å². The van der Waals surface area contributed by atoms with Crippen LogP contribution in [0.3, 0.4) is 0 Å². The zero-order valence-corrected chi connectivity index (χ0v) is 19.1. The van der Waals surface area contributed by atoms with Crippen LogP contribution in [-0.4, -0.2) is 45.5 Å². The van der Waals surface area contributed by atoms with E-state index in [1.165, 1.54) is 38.1 Å². The molecule has 0 unspecified atom stereocenters. The van der Waals surface area contributed by atoms with Crippen molar-refractivity contribution in [2.24, 2.45) is 0 Å². The van der Waals surface area contributed by atoms with Crippen LogP contribution in [0.5, 0.6) is 11.5 Å². The average Bonchev–Trinajstić information content (AvgIpc) is 2.76. The van der Waals surface area contributed by atoms with E-state index in [0.717, 1.165) is 4.90 Å². The molecule has 2 N–H and O–H groups in total. The van der Waals surface area contributed by atoms with Gasteiger partial charge in [-0.1, -0.05) is 6.92 Å². The molecular weight excluding hydrogens is 440 g/mol. The Labute approximate surface area is 185 Å². The van der Waals surface area contributed by atoms with Crippen LogP contribution >= 0.6 is 11.8 Å². The van der Waals surface area contributed by atoms with Gasteiger partial charge in [-0.05, 0) is 36.8 Å². The third kappa shape index (κ3) is 5.31. The minimum atomic E-state index is -3.72. The first-order valence-corrected chi connectivity index (χ1v) is 12.2. The lowest BCUT2D eigenvalue weighted by molar-refractivity contribution is -0.116. The number of amides is 2. The Kier molecular flexibility index (Phi) is 7.11. The van der Waals surface area contributed by atoms with Crippen LogP contribution in [0.4, 0.5) is 11.4 Å².